The van der Waals surface area contributed by atoms with Crippen LogP contribution in [0.2, 0.25) is 0 Å². The molecule has 1 aliphatic carbocycles. The summed E-state index contributed by atoms with van der Waals surface area (Å²) in [7, 11) is 0. The van der Waals surface area contributed by atoms with Crippen LogP contribution in [0.5, 0.6) is 0 Å². The summed E-state index contributed by atoms with van der Waals surface area (Å²) in [5.74, 6) is 1.54. The number of hydrogen-bond acceptors (Lipinski definition) is 5. The first-order valence-corrected chi connectivity index (χ1v) is 9.66. The van der Waals surface area contributed by atoms with Crippen LogP contribution in [-0.4, -0.2) is 38.7 Å². The lowest BCUT2D eigenvalue weighted by molar-refractivity contribution is 0.788. The van der Waals surface area contributed by atoms with Gasteiger partial charge in [0.25, 0.3) is 0 Å². The van der Waals surface area contributed by atoms with Crippen LogP contribution in [0.15, 0.2) is 36.5 Å². The normalized spacial score (nSPS) is 19.2. The van der Waals surface area contributed by atoms with E-state index in [1.807, 2.05) is 42.8 Å². The van der Waals surface area contributed by atoms with E-state index in [0.29, 0.717) is 12.0 Å². The predicted molar refractivity (Wildman–Crippen MR) is 104 cm³/mol. The number of imidazole rings is 1. The molecule has 3 aromatic heterocycles. The standard InChI is InChI=1S/C18H20N6.C2H6/c1-2-15(22-17(3-1)21-13-8-9-19-10-13)16-11-20-18-7-6-14(12-4-5-12)23-24(16)18;1-2/h1-3,6-7,11-13,19H,4-5,8-10H2,(H,21,22);1-2H3. The molecule has 0 aromatic carbocycles. The third-order valence-corrected chi connectivity index (χ3v) is 4.80. The molecule has 6 nitrogen and oxygen atoms in total. The summed E-state index contributed by atoms with van der Waals surface area (Å²) in [4.78, 5) is 9.26. The molecule has 4 heterocycles. The molecule has 2 N–H and O–H groups in total. The predicted octanol–water partition coefficient (Wildman–Crippen LogP) is 3.47. The molecular weight excluding hydrogens is 324 g/mol. The zero-order valence-corrected chi connectivity index (χ0v) is 15.4. The van der Waals surface area contributed by atoms with Gasteiger partial charge in [0, 0.05) is 18.5 Å². The van der Waals surface area contributed by atoms with Gasteiger partial charge in [-0.2, -0.15) is 5.10 Å². The minimum absolute atomic E-state index is 0.453. The first-order chi connectivity index (χ1) is 12.9. The number of pyridine rings is 1. The van der Waals surface area contributed by atoms with Gasteiger partial charge >= 0.3 is 0 Å². The molecule has 1 saturated heterocycles. The van der Waals surface area contributed by atoms with E-state index in [1.165, 1.54) is 12.8 Å². The van der Waals surface area contributed by atoms with Crippen LogP contribution in [0.3, 0.4) is 0 Å². The monoisotopic (exact) mass is 350 g/mol. The van der Waals surface area contributed by atoms with Crippen molar-refractivity contribution in [2.24, 2.45) is 0 Å². The molecule has 26 heavy (non-hydrogen) atoms. The van der Waals surface area contributed by atoms with Crippen molar-refractivity contribution in [3.8, 4) is 11.4 Å². The summed E-state index contributed by atoms with van der Waals surface area (Å²) in [5, 5.41) is 11.7. The van der Waals surface area contributed by atoms with Gasteiger partial charge in [0.1, 0.15) is 11.5 Å². The second kappa shape index (κ2) is 7.41. The Labute approximate surface area is 154 Å². The van der Waals surface area contributed by atoms with Gasteiger partial charge in [-0.25, -0.2) is 14.5 Å². The summed E-state index contributed by atoms with van der Waals surface area (Å²) in [5.41, 5.74) is 3.88. The fraction of sp³-hybridized carbons (Fsp3) is 0.450. The Bertz CT molecular complexity index is 877. The van der Waals surface area contributed by atoms with E-state index in [-0.39, 0.29) is 0 Å². The molecule has 2 fully saturated rings. The maximum atomic E-state index is 4.79. The Morgan fingerprint density at radius 2 is 2.00 bits per heavy atom. The fourth-order valence-electron chi connectivity index (χ4n) is 3.30. The molecule has 136 valence electrons. The highest BCUT2D eigenvalue weighted by Crippen LogP contribution is 2.39. The van der Waals surface area contributed by atoms with Crippen LogP contribution in [0, 0.1) is 0 Å². The lowest BCUT2D eigenvalue weighted by Crippen LogP contribution is -2.22. The van der Waals surface area contributed by atoms with E-state index >= 15 is 0 Å². The van der Waals surface area contributed by atoms with Gasteiger partial charge < -0.3 is 10.6 Å². The fourth-order valence-corrected chi connectivity index (χ4v) is 3.30. The molecule has 0 bridgehead atoms. The summed E-state index contributed by atoms with van der Waals surface area (Å²) >= 11 is 0. The zero-order chi connectivity index (χ0) is 17.9. The summed E-state index contributed by atoms with van der Waals surface area (Å²) in [6, 6.07) is 10.7. The van der Waals surface area contributed by atoms with E-state index < -0.39 is 0 Å². The summed E-state index contributed by atoms with van der Waals surface area (Å²) in [6.07, 6.45) is 5.49. The molecule has 3 aromatic rings. The van der Waals surface area contributed by atoms with Crippen LogP contribution in [0.4, 0.5) is 5.82 Å². The molecule has 1 unspecified atom stereocenters. The van der Waals surface area contributed by atoms with Crippen LogP contribution in [0.25, 0.3) is 17.0 Å². The van der Waals surface area contributed by atoms with Gasteiger partial charge in [-0.05, 0) is 50.1 Å². The largest absolute Gasteiger partial charge is 0.366 e. The van der Waals surface area contributed by atoms with Crippen LogP contribution < -0.4 is 10.6 Å². The maximum absolute atomic E-state index is 4.79. The number of nitrogens with zero attached hydrogens (tertiary/aromatic N) is 4. The number of rotatable bonds is 4. The van der Waals surface area contributed by atoms with Crippen molar-refractivity contribution in [3.63, 3.8) is 0 Å². The highest BCUT2D eigenvalue weighted by molar-refractivity contribution is 5.61. The lowest BCUT2D eigenvalue weighted by atomic mass is 10.2. The second-order valence-corrected chi connectivity index (χ2v) is 6.69. The van der Waals surface area contributed by atoms with Crippen molar-refractivity contribution < 1.29 is 0 Å². The molecule has 0 radical (unpaired) electrons. The SMILES string of the molecule is CC.c1cc(NC2CCNC2)nc(-c2cnc3ccc(C4CC4)nn23)c1. The molecule has 0 amide bonds. The van der Waals surface area contributed by atoms with Crippen LogP contribution in [0.1, 0.15) is 44.7 Å². The first-order valence-electron chi connectivity index (χ1n) is 9.66. The Morgan fingerprint density at radius 3 is 2.77 bits per heavy atom. The van der Waals surface area contributed by atoms with Gasteiger partial charge in [0.2, 0.25) is 0 Å². The topological polar surface area (TPSA) is 67.1 Å². The molecule has 6 heteroatoms. The highest BCUT2D eigenvalue weighted by Gasteiger charge is 2.25. The number of nitrogens with one attached hydrogen (secondary N) is 2. The van der Waals surface area contributed by atoms with Crippen molar-refractivity contribution in [1.82, 2.24) is 24.9 Å². The Kier molecular flexibility index (Phi) is 4.84. The lowest BCUT2D eigenvalue weighted by Gasteiger charge is -2.12. The van der Waals surface area contributed by atoms with E-state index in [4.69, 9.17) is 10.1 Å². The van der Waals surface area contributed by atoms with Gasteiger partial charge in [0.05, 0.1) is 17.6 Å². The Balaban J connectivity index is 0.000000814. The minimum Gasteiger partial charge on any atom is -0.366 e. The van der Waals surface area contributed by atoms with E-state index in [2.05, 4.69) is 27.8 Å². The molecule has 5 rings (SSSR count). The molecule has 1 atom stereocenters. The summed E-state index contributed by atoms with van der Waals surface area (Å²) in [6.45, 7) is 6.06. The molecule has 1 aliphatic heterocycles. The summed E-state index contributed by atoms with van der Waals surface area (Å²) < 4.78 is 1.93. The van der Waals surface area contributed by atoms with Crippen LogP contribution in [-0.2, 0) is 0 Å². The number of fused-ring (bicyclic) bond motifs is 1. The number of anilines is 1. The Hall–Kier alpha value is -2.47. The number of aromatic nitrogens is 4. The third-order valence-electron chi connectivity index (χ3n) is 4.80. The molecular formula is C20H26N6. The van der Waals surface area contributed by atoms with Crippen molar-refractivity contribution in [1.29, 1.82) is 0 Å². The van der Waals surface area contributed by atoms with Gasteiger partial charge in [-0.3, -0.25) is 0 Å². The smallest absolute Gasteiger partial charge is 0.154 e. The average Bonchev–Trinajstić information content (AvgIpc) is 3.25. The average molecular weight is 350 g/mol. The van der Waals surface area contributed by atoms with E-state index in [0.717, 1.165) is 48.1 Å². The third kappa shape index (κ3) is 3.42. The quantitative estimate of drug-likeness (QED) is 0.754. The molecule has 2 aliphatic rings. The van der Waals surface area contributed by atoms with Crippen molar-refractivity contribution in [2.75, 3.05) is 18.4 Å². The molecule has 1 saturated carbocycles. The van der Waals surface area contributed by atoms with Crippen molar-refractivity contribution >= 4 is 11.5 Å². The van der Waals surface area contributed by atoms with Gasteiger partial charge in [-0.1, -0.05) is 19.9 Å². The van der Waals surface area contributed by atoms with Gasteiger partial charge in [-0.15, -0.1) is 0 Å². The highest BCUT2D eigenvalue weighted by atomic mass is 15.3. The van der Waals surface area contributed by atoms with E-state index in [1.54, 1.807) is 0 Å². The molecule has 0 spiro atoms. The Morgan fingerprint density at radius 1 is 1.12 bits per heavy atom. The zero-order valence-electron chi connectivity index (χ0n) is 15.4. The minimum atomic E-state index is 0.453. The first kappa shape index (κ1) is 17.0. The van der Waals surface area contributed by atoms with Crippen molar-refractivity contribution in [2.45, 2.75) is 45.1 Å². The number of hydrogen-bond donors (Lipinski definition) is 2. The van der Waals surface area contributed by atoms with E-state index in [9.17, 15) is 0 Å². The van der Waals surface area contributed by atoms with Crippen molar-refractivity contribution in [3.05, 3.63) is 42.2 Å². The van der Waals surface area contributed by atoms with Gasteiger partial charge in [0.15, 0.2) is 5.65 Å². The second-order valence-electron chi connectivity index (χ2n) is 6.69. The maximum Gasteiger partial charge on any atom is 0.154 e. The van der Waals surface area contributed by atoms with Crippen LogP contribution >= 0.6 is 0 Å².